The molecule has 0 atom stereocenters. The van der Waals surface area contributed by atoms with Crippen LogP contribution in [0.3, 0.4) is 0 Å². The zero-order chi connectivity index (χ0) is 23.3. The molecule has 0 unspecified atom stereocenters. The van der Waals surface area contributed by atoms with Crippen molar-refractivity contribution in [2.24, 2.45) is 5.92 Å². The fourth-order valence-electron chi connectivity index (χ4n) is 4.34. The molecule has 174 valence electrons. The molecule has 0 radical (unpaired) electrons. The second kappa shape index (κ2) is 10.1. The SMILES string of the molecule is O=C(Nc1ccc(C(=O)Nc2cccc(N3CCN(CC4CC4)CC3)c2)cc1)c1ccccc1. The Morgan fingerprint density at radius 2 is 1.35 bits per heavy atom. The molecule has 2 fully saturated rings. The van der Waals surface area contributed by atoms with Crippen molar-refractivity contribution < 1.29 is 9.59 Å². The van der Waals surface area contributed by atoms with Crippen molar-refractivity contribution in [3.63, 3.8) is 0 Å². The molecule has 3 aromatic rings. The van der Waals surface area contributed by atoms with E-state index in [9.17, 15) is 9.59 Å². The van der Waals surface area contributed by atoms with Gasteiger partial charge >= 0.3 is 0 Å². The highest BCUT2D eigenvalue weighted by atomic mass is 16.2. The summed E-state index contributed by atoms with van der Waals surface area (Å²) >= 11 is 0. The summed E-state index contributed by atoms with van der Waals surface area (Å²) in [6.07, 6.45) is 2.79. The molecule has 3 aromatic carbocycles. The van der Waals surface area contributed by atoms with E-state index in [1.165, 1.54) is 19.4 Å². The number of amides is 2. The second-order valence-corrected chi connectivity index (χ2v) is 9.13. The standard InChI is InChI=1S/C28H30N4O2/c33-27(22-5-2-1-3-6-22)29-24-13-11-23(12-14-24)28(34)30-25-7-4-8-26(19-25)32-17-15-31(16-18-32)20-21-9-10-21/h1-8,11-14,19,21H,9-10,15-18,20H2,(H,29,33)(H,30,34). The lowest BCUT2D eigenvalue weighted by molar-refractivity contribution is 0.102. The van der Waals surface area contributed by atoms with Crippen molar-refractivity contribution in [1.82, 2.24) is 4.90 Å². The summed E-state index contributed by atoms with van der Waals surface area (Å²) in [6, 6.07) is 24.0. The van der Waals surface area contributed by atoms with Gasteiger partial charge in [0.25, 0.3) is 11.8 Å². The van der Waals surface area contributed by atoms with Crippen LogP contribution in [-0.2, 0) is 0 Å². The van der Waals surface area contributed by atoms with Crippen LogP contribution in [0, 0.1) is 5.92 Å². The largest absolute Gasteiger partial charge is 0.369 e. The number of anilines is 3. The second-order valence-electron chi connectivity index (χ2n) is 9.13. The number of piperazine rings is 1. The summed E-state index contributed by atoms with van der Waals surface area (Å²) < 4.78 is 0. The van der Waals surface area contributed by atoms with Crippen molar-refractivity contribution in [3.8, 4) is 0 Å². The highest BCUT2D eigenvalue weighted by Gasteiger charge is 2.26. The number of hydrogen-bond donors (Lipinski definition) is 2. The van der Waals surface area contributed by atoms with Crippen LogP contribution >= 0.6 is 0 Å². The first-order valence-electron chi connectivity index (χ1n) is 12.0. The van der Waals surface area contributed by atoms with Gasteiger partial charge in [-0.3, -0.25) is 14.5 Å². The van der Waals surface area contributed by atoms with Gasteiger partial charge < -0.3 is 15.5 Å². The first-order valence-corrected chi connectivity index (χ1v) is 12.0. The summed E-state index contributed by atoms with van der Waals surface area (Å²) in [7, 11) is 0. The number of hydrogen-bond acceptors (Lipinski definition) is 4. The van der Waals surface area contributed by atoms with E-state index < -0.39 is 0 Å². The fourth-order valence-corrected chi connectivity index (χ4v) is 4.34. The van der Waals surface area contributed by atoms with Crippen molar-refractivity contribution in [2.75, 3.05) is 48.3 Å². The lowest BCUT2D eigenvalue weighted by Crippen LogP contribution is -2.47. The van der Waals surface area contributed by atoms with Gasteiger partial charge in [-0.1, -0.05) is 24.3 Å². The first-order chi connectivity index (χ1) is 16.6. The number of nitrogens with one attached hydrogen (secondary N) is 2. The van der Waals surface area contributed by atoms with E-state index >= 15 is 0 Å². The Kier molecular flexibility index (Phi) is 6.58. The van der Waals surface area contributed by atoms with E-state index in [1.807, 2.05) is 36.4 Å². The van der Waals surface area contributed by atoms with Crippen LogP contribution in [0.2, 0.25) is 0 Å². The van der Waals surface area contributed by atoms with Gasteiger partial charge in [-0.15, -0.1) is 0 Å². The minimum Gasteiger partial charge on any atom is -0.369 e. The van der Waals surface area contributed by atoms with Crippen LogP contribution < -0.4 is 15.5 Å². The average molecular weight is 455 g/mol. The normalized spacial score (nSPS) is 16.2. The molecule has 6 heteroatoms. The average Bonchev–Trinajstić information content (AvgIpc) is 3.70. The molecule has 6 nitrogen and oxygen atoms in total. The molecule has 5 rings (SSSR count). The molecule has 2 amide bonds. The molecular formula is C28H30N4O2. The maximum Gasteiger partial charge on any atom is 0.255 e. The maximum atomic E-state index is 12.8. The van der Waals surface area contributed by atoms with E-state index in [1.54, 1.807) is 36.4 Å². The van der Waals surface area contributed by atoms with Gasteiger partial charge in [-0.2, -0.15) is 0 Å². The Morgan fingerprint density at radius 1 is 0.706 bits per heavy atom. The molecule has 1 heterocycles. The Bertz CT molecular complexity index is 1130. The van der Waals surface area contributed by atoms with Gasteiger partial charge in [-0.25, -0.2) is 0 Å². The van der Waals surface area contributed by atoms with Gasteiger partial charge in [0.05, 0.1) is 0 Å². The van der Waals surface area contributed by atoms with Crippen molar-refractivity contribution in [1.29, 1.82) is 0 Å². The quantitative estimate of drug-likeness (QED) is 0.542. The van der Waals surface area contributed by atoms with Gasteiger partial charge in [0.1, 0.15) is 0 Å². The van der Waals surface area contributed by atoms with Crippen LogP contribution in [0.1, 0.15) is 33.6 Å². The third-order valence-corrected chi connectivity index (χ3v) is 6.50. The molecule has 0 bridgehead atoms. The van der Waals surface area contributed by atoms with Gasteiger partial charge in [0.2, 0.25) is 0 Å². The highest BCUT2D eigenvalue weighted by Crippen LogP contribution is 2.30. The molecule has 2 N–H and O–H groups in total. The number of carbonyl (C=O) groups excluding carboxylic acids is 2. The summed E-state index contributed by atoms with van der Waals surface area (Å²) in [5, 5.41) is 5.86. The number of benzene rings is 3. The number of rotatable bonds is 7. The van der Waals surface area contributed by atoms with Gasteiger partial charge in [0.15, 0.2) is 0 Å². The minimum absolute atomic E-state index is 0.174. The summed E-state index contributed by atoms with van der Waals surface area (Å²) in [5.74, 6) is 0.578. The molecule has 34 heavy (non-hydrogen) atoms. The van der Waals surface area contributed by atoms with E-state index in [2.05, 4.69) is 26.5 Å². The molecule has 0 aromatic heterocycles. The van der Waals surface area contributed by atoms with E-state index in [-0.39, 0.29) is 11.8 Å². The Labute approximate surface area is 200 Å². The summed E-state index contributed by atoms with van der Waals surface area (Å²) in [5.41, 5.74) is 3.70. The lowest BCUT2D eigenvalue weighted by Gasteiger charge is -2.36. The monoisotopic (exact) mass is 454 g/mol. The molecule has 1 saturated heterocycles. The van der Waals surface area contributed by atoms with Crippen LogP contribution in [0.25, 0.3) is 0 Å². The smallest absolute Gasteiger partial charge is 0.255 e. The van der Waals surface area contributed by atoms with Crippen LogP contribution in [0.15, 0.2) is 78.9 Å². The molecule has 1 saturated carbocycles. The fraction of sp³-hybridized carbons (Fsp3) is 0.286. The Hall–Kier alpha value is -3.64. The van der Waals surface area contributed by atoms with Gasteiger partial charge in [-0.05, 0) is 73.4 Å². The maximum absolute atomic E-state index is 12.8. The summed E-state index contributed by atoms with van der Waals surface area (Å²) in [6.45, 7) is 5.47. The zero-order valence-electron chi connectivity index (χ0n) is 19.2. The molecular weight excluding hydrogens is 424 g/mol. The van der Waals surface area contributed by atoms with E-state index in [0.29, 0.717) is 16.8 Å². The minimum atomic E-state index is -0.178. The van der Waals surface area contributed by atoms with Crippen LogP contribution in [0.5, 0.6) is 0 Å². The van der Waals surface area contributed by atoms with Crippen LogP contribution in [-0.4, -0.2) is 49.4 Å². The zero-order valence-corrected chi connectivity index (χ0v) is 19.2. The lowest BCUT2D eigenvalue weighted by atomic mass is 10.1. The number of nitrogens with zero attached hydrogens (tertiary/aromatic N) is 2. The van der Waals surface area contributed by atoms with Crippen LogP contribution in [0.4, 0.5) is 17.1 Å². The number of carbonyl (C=O) groups is 2. The van der Waals surface area contributed by atoms with Gasteiger partial charge in [0, 0.05) is 60.9 Å². The topological polar surface area (TPSA) is 64.7 Å². The Morgan fingerprint density at radius 3 is 2.03 bits per heavy atom. The molecule has 0 spiro atoms. The van der Waals surface area contributed by atoms with E-state index in [4.69, 9.17) is 0 Å². The highest BCUT2D eigenvalue weighted by molar-refractivity contribution is 6.06. The third-order valence-electron chi connectivity index (χ3n) is 6.50. The van der Waals surface area contributed by atoms with E-state index in [0.717, 1.165) is 43.5 Å². The molecule has 1 aliphatic carbocycles. The molecule has 1 aliphatic heterocycles. The van der Waals surface area contributed by atoms with Crippen molar-refractivity contribution in [3.05, 3.63) is 90.0 Å². The predicted molar refractivity (Wildman–Crippen MR) is 137 cm³/mol. The van der Waals surface area contributed by atoms with Crippen molar-refractivity contribution >= 4 is 28.9 Å². The first kappa shape index (κ1) is 22.2. The summed E-state index contributed by atoms with van der Waals surface area (Å²) in [4.78, 5) is 30.1. The third kappa shape index (κ3) is 5.64. The predicted octanol–water partition coefficient (Wildman–Crippen LogP) is 4.72. The van der Waals surface area contributed by atoms with Crippen molar-refractivity contribution in [2.45, 2.75) is 12.8 Å². The molecule has 2 aliphatic rings. The Balaban J connectivity index is 1.16.